The molecule has 108 valence electrons. The fourth-order valence-corrected chi connectivity index (χ4v) is 2.72. The summed E-state index contributed by atoms with van der Waals surface area (Å²) in [6.07, 6.45) is 7.09. The Morgan fingerprint density at radius 3 is 2.85 bits per heavy atom. The fraction of sp³-hybridized carbons (Fsp3) is 0.471. The highest BCUT2D eigenvalue weighted by Crippen LogP contribution is 2.32. The molecular weight excluding hydrogens is 250 g/mol. The van der Waals surface area contributed by atoms with Crippen molar-refractivity contribution in [2.45, 2.75) is 44.9 Å². The van der Waals surface area contributed by atoms with E-state index in [1.54, 1.807) is 0 Å². The van der Waals surface area contributed by atoms with Gasteiger partial charge in [-0.15, -0.1) is 0 Å². The molecular formula is C17H23NO2. The van der Waals surface area contributed by atoms with Crippen molar-refractivity contribution in [1.29, 1.82) is 0 Å². The monoisotopic (exact) mass is 273 g/mol. The van der Waals surface area contributed by atoms with Crippen LogP contribution in [-0.4, -0.2) is 18.1 Å². The lowest BCUT2D eigenvalue weighted by Crippen LogP contribution is -2.08. The first kappa shape index (κ1) is 14.6. The largest absolute Gasteiger partial charge is 0.469 e. The van der Waals surface area contributed by atoms with Crippen LogP contribution in [0.5, 0.6) is 0 Å². The van der Waals surface area contributed by atoms with Crippen molar-refractivity contribution in [3.8, 4) is 0 Å². The van der Waals surface area contributed by atoms with Crippen LogP contribution in [0.4, 0.5) is 0 Å². The van der Waals surface area contributed by atoms with E-state index < -0.39 is 0 Å². The van der Waals surface area contributed by atoms with Gasteiger partial charge in [0.1, 0.15) is 0 Å². The van der Waals surface area contributed by atoms with E-state index in [4.69, 9.17) is 4.74 Å². The molecule has 3 nitrogen and oxygen atoms in total. The van der Waals surface area contributed by atoms with Crippen LogP contribution >= 0.6 is 0 Å². The number of fused-ring (bicyclic) bond motifs is 1. The van der Waals surface area contributed by atoms with Crippen LogP contribution in [0, 0.1) is 0 Å². The number of para-hydroxylation sites is 1. The summed E-state index contributed by atoms with van der Waals surface area (Å²) in [5.41, 5.74) is 2.37. The van der Waals surface area contributed by atoms with E-state index in [-0.39, 0.29) is 11.9 Å². The van der Waals surface area contributed by atoms with Crippen LogP contribution in [-0.2, 0) is 9.53 Å². The Labute approximate surface area is 120 Å². The van der Waals surface area contributed by atoms with E-state index in [9.17, 15) is 4.79 Å². The lowest BCUT2D eigenvalue weighted by molar-refractivity contribution is -0.141. The molecule has 0 radical (unpaired) electrons. The summed E-state index contributed by atoms with van der Waals surface area (Å²) in [6, 6.07) is 8.25. The average molecular weight is 273 g/mol. The van der Waals surface area contributed by atoms with E-state index in [1.807, 2.05) is 18.3 Å². The molecule has 3 heteroatoms. The lowest BCUT2D eigenvalue weighted by atomic mass is 9.90. The maximum atomic E-state index is 11.7. The molecule has 0 amide bonds. The third kappa shape index (κ3) is 3.41. The third-order valence-corrected chi connectivity index (χ3v) is 3.86. The number of hydrogen-bond donors (Lipinski definition) is 1. The van der Waals surface area contributed by atoms with Gasteiger partial charge >= 0.3 is 5.97 Å². The zero-order valence-electron chi connectivity index (χ0n) is 12.3. The molecule has 0 aliphatic rings. The van der Waals surface area contributed by atoms with Gasteiger partial charge in [0.05, 0.1) is 13.5 Å². The first-order valence-corrected chi connectivity index (χ1v) is 7.39. The second-order valence-electron chi connectivity index (χ2n) is 5.26. The summed E-state index contributed by atoms with van der Waals surface area (Å²) in [4.78, 5) is 15.0. The van der Waals surface area contributed by atoms with Crippen LogP contribution in [0.25, 0.3) is 10.9 Å². The Balaban J connectivity index is 2.22. The number of rotatable bonds is 7. The Hall–Kier alpha value is -1.77. The molecule has 2 rings (SSSR count). The number of H-pyrrole nitrogens is 1. The lowest BCUT2D eigenvalue weighted by Gasteiger charge is -2.15. The smallest absolute Gasteiger partial charge is 0.306 e. The number of ether oxygens (including phenoxy) is 1. The molecule has 1 N–H and O–H groups in total. The van der Waals surface area contributed by atoms with Crippen LogP contribution in [0.15, 0.2) is 30.5 Å². The van der Waals surface area contributed by atoms with Crippen molar-refractivity contribution in [2.75, 3.05) is 7.11 Å². The van der Waals surface area contributed by atoms with Gasteiger partial charge in [0.2, 0.25) is 0 Å². The van der Waals surface area contributed by atoms with Gasteiger partial charge in [0.15, 0.2) is 0 Å². The molecule has 2 aromatic rings. The van der Waals surface area contributed by atoms with Gasteiger partial charge in [-0.3, -0.25) is 4.79 Å². The van der Waals surface area contributed by atoms with Crippen LogP contribution in [0.2, 0.25) is 0 Å². The SMILES string of the molecule is CCCCCC(CC(=O)OC)c1c[nH]c2ccccc12. The normalized spacial score (nSPS) is 12.5. The zero-order valence-corrected chi connectivity index (χ0v) is 12.3. The number of nitrogens with one attached hydrogen (secondary N) is 1. The van der Waals surface area contributed by atoms with Gasteiger partial charge in [0.25, 0.3) is 0 Å². The van der Waals surface area contributed by atoms with E-state index >= 15 is 0 Å². The molecule has 0 fully saturated rings. The molecule has 0 bridgehead atoms. The molecule has 0 aliphatic carbocycles. The number of benzene rings is 1. The van der Waals surface area contributed by atoms with E-state index in [0.717, 1.165) is 18.4 Å². The maximum Gasteiger partial charge on any atom is 0.306 e. The quantitative estimate of drug-likeness (QED) is 0.600. The van der Waals surface area contributed by atoms with Crippen molar-refractivity contribution in [1.82, 2.24) is 4.98 Å². The number of methoxy groups -OCH3 is 1. The van der Waals surface area contributed by atoms with Crippen LogP contribution < -0.4 is 0 Å². The molecule has 0 aliphatic heterocycles. The van der Waals surface area contributed by atoms with Crippen molar-refractivity contribution >= 4 is 16.9 Å². The minimum atomic E-state index is -0.128. The van der Waals surface area contributed by atoms with Crippen molar-refractivity contribution in [3.63, 3.8) is 0 Å². The first-order chi connectivity index (χ1) is 9.76. The Morgan fingerprint density at radius 1 is 1.30 bits per heavy atom. The molecule has 1 aromatic heterocycles. The average Bonchev–Trinajstić information content (AvgIpc) is 2.90. The van der Waals surface area contributed by atoms with Gasteiger partial charge in [-0.2, -0.15) is 0 Å². The van der Waals surface area contributed by atoms with Crippen LogP contribution in [0.1, 0.15) is 50.5 Å². The predicted octanol–water partition coefficient (Wildman–Crippen LogP) is 4.39. The molecule has 1 unspecified atom stereocenters. The number of hydrogen-bond acceptors (Lipinski definition) is 2. The van der Waals surface area contributed by atoms with E-state index in [1.165, 1.54) is 30.9 Å². The van der Waals surface area contributed by atoms with Crippen molar-refractivity contribution < 1.29 is 9.53 Å². The Kier molecular flexibility index (Phi) is 5.22. The van der Waals surface area contributed by atoms with Crippen molar-refractivity contribution in [2.24, 2.45) is 0 Å². The first-order valence-electron chi connectivity index (χ1n) is 7.39. The fourth-order valence-electron chi connectivity index (χ4n) is 2.72. The van der Waals surface area contributed by atoms with Crippen LogP contribution in [0.3, 0.4) is 0 Å². The van der Waals surface area contributed by atoms with Gasteiger partial charge in [-0.05, 0) is 24.0 Å². The molecule has 1 heterocycles. The molecule has 0 spiro atoms. The number of aromatic amines is 1. The Morgan fingerprint density at radius 2 is 2.10 bits per heavy atom. The molecule has 1 atom stereocenters. The maximum absolute atomic E-state index is 11.7. The molecule has 0 saturated heterocycles. The number of unbranched alkanes of at least 4 members (excludes halogenated alkanes) is 2. The minimum Gasteiger partial charge on any atom is -0.469 e. The number of carbonyl (C=O) groups excluding carboxylic acids is 1. The Bertz CT molecular complexity index is 559. The topological polar surface area (TPSA) is 42.1 Å². The van der Waals surface area contributed by atoms with E-state index in [2.05, 4.69) is 24.0 Å². The summed E-state index contributed by atoms with van der Waals surface area (Å²) < 4.78 is 4.85. The summed E-state index contributed by atoms with van der Waals surface area (Å²) in [7, 11) is 1.46. The number of aromatic nitrogens is 1. The second-order valence-corrected chi connectivity index (χ2v) is 5.26. The number of esters is 1. The molecule has 0 saturated carbocycles. The van der Waals surface area contributed by atoms with Gasteiger partial charge < -0.3 is 9.72 Å². The van der Waals surface area contributed by atoms with Gasteiger partial charge in [0, 0.05) is 17.1 Å². The zero-order chi connectivity index (χ0) is 14.4. The number of carbonyl (C=O) groups is 1. The predicted molar refractivity (Wildman–Crippen MR) is 81.8 cm³/mol. The third-order valence-electron chi connectivity index (χ3n) is 3.86. The summed E-state index contributed by atoms with van der Waals surface area (Å²) >= 11 is 0. The highest BCUT2D eigenvalue weighted by atomic mass is 16.5. The second kappa shape index (κ2) is 7.13. The molecule has 1 aromatic carbocycles. The standard InChI is InChI=1S/C17H23NO2/c1-3-4-5-8-13(11-17(19)20-2)15-12-18-16-10-7-6-9-14(15)16/h6-7,9-10,12-13,18H,3-5,8,11H2,1-2H3. The summed E-state index contributed by atoms with van der Waals surface area (Å²) in [5, 5.41) is 1.22. The minimum absolute atomic E-state index is 0.128. The van der Waals surface area contributed by atoms with Gasteiger partial charge in [-0.25, -0.2) is 0 Å². The summed E-state index contributed by atoms with van der Waals surface area (Å²) in [6.45, 7) is 2.20. The van der Waals surface area contributed by atoms with Crippen molar-refractivity contribution in [3.05, 3.63) is 36.0 Å². The van der Waals surface area contributed by atoms with E-state index in [0.29, 0.717) is 6.42 Å². The van der Waals surface area contributed by atoms with Gasteiger partial charge in [-0.1, -0.05) is 44.4 Å². The summed E-state index contributed by atoms with van der Waals surface area (Å²) in [5.74, 6) is 0.113. The molecule has 20 heavy (non-hydrogen) atoms. The highest BCUT2D eigenvalue weighted by Gasteiger charge is 2.19. The highest BCUT2D eigenvalue weighted by molar-refractivity contribution is 5.84.